The summed E-state index contributed by atoms with van der Waals surface area (Å²) < 4.78 is 12.2. The molecule has 3 aromatic rings. The molecule has 0 aromatic heterocycles. The summed E-state index contributed by atoms with van der Waals surface area (Å²) in [5.41, 5.74) is 2.23. The normalized spacial score (nSPS) is 14.3. The third kappa shape index (κ3) is 6.43. The number of carbonyl (C=O) groups is 3. The second-order valence-electron chi connectivity index (χ2n) is 7.50. The summed E-state index contributed by atoms with van der Waals surface area (Å²) in [5.74, 6) is 0.259. The molecule has 0 saturated carbocycles. The number of anilines is 1. The molecule has 7 nitrogen and oxygen atoms in total. The van der Waals surface area contributed by atoms with Crippen molar-refractivity contribution in [3.05, 3.63) is 92.4 Å². The van der Waals surface area contributed by atoms with Gasteiger partial charge in [0.1, 0.15) is 24.7 Å². The number of hydrogen-bond donors (Lipinski definition) is 1. The van der Waals surface area contributed by atoms with Crippen molar-refractivity contribution in [1.29, 1.82) is 0 Å². The molecule has 1 N–H and O–H groups in total. The summed E-state index contributed by atoms with van der Waals surface area (Å²) in [6, 6.07) is 22.1. The zero-order chi connectivity index (χ0) is 24.8. The molecule has 35 heavy (non-hydrogen) atoms. The lowest BCUT2D eigenvalue weighted by atomic mass is 10.1. The maximum Gasteiger partial charge on any atom is 0.294 e. The van der Waals surface area contributed by atoms with E-state index in [0.717, 1.165) is 25.8 Å². The minimum Gasteiger partial charge on any atom is -0.497 e. The van der Waals surface area contributed by atoms with Crippen LogP contribution >= 0.6 is 34.4 Å². The third-order valence-corrected chi connectivity index (χ3v) is 6.69. The zero-order valence-electron chi connectivity index (χ0n) is 18.7. The molecule has 0 atom stereocenters. The molecule has 0 radical (unpaired) electrons. The number of methoxy groups -OCH3 is 1. The van der Waals surface area contributed by atoms with Crippen molar-refractivity contribution in [2.24, 2.45) is 0 Å². The number of benzene rings is 3. The highest BCUT2D eigenvalue weighted by molar-refractivity contribution is 14.1. The number of imide groups is 1. The van der Waals surface area contributed by atoms with Crippen LogP contribution in [0.25, 0.3) is 6.08 Å². The van der Waals surface area contributed by atoms with Crippen molar-refractivity contribution >= 4 is 63.2 Å². The number of halogens is 1. The average molecular weight is 600 g/mol. The lowest BCUT2D eigenvalue weighted by Crippen LogP contribution is -2.36. The fourth-order valence-corrected chi connectivity index (χ4v) is 4.46. The van der Waals surface area contributed by atoms with Gasteiger partial charge in [0.25, 0.3) is 11.1 Å². The number of thioether (sulfide) groups is 1. The quantitative estimate of drug-likeness (QED) is 0.270. The maximum atomic E-state index is 12.9. The standard InChI is InChI=1S/C26H21IN2O5S/c1-33-21-12-10-20(11-13-21)28-24(30)15-29-25(31)23(35-26(29)32)14-18-4-2-3-5-22(18)34-16-17-6-8-19(27)9-7-17/h2-14H,15-16H2,1H3,(H,28,30)/b23-14+. The molecule has 178 valence electrons. The smallest absolute Gasteiger partial charge is 0.294 e. The van der Waals surface area contributed by atoms with Crippen LogP contribution in [-0.4, -0.2) is 35.6 Å². The molecule has 3 amide bonds. The van der Waals surface area contributed by atoms with Crippen LogP contribution in [0.1, 0.15) is 11.1 Å². The highest BCUT2D eigenvalue weighted by atomic mass is 127. The Hall–Kier alpha value is -3.31. The van der Waals surface area contributed by atoms with Crippen molar-refractivity contribution in [3.63, 3.8) is 0 Å². The van der Waals surface area contributed by atoms with Gasteiger partial charge in [-0.3, -0.25) is 19.3 Å². The number of para-hydroxylation sites is 1. The summed E-state index contributed by atoms with van der Waals surface area (Å²) in [5, 5.41) is 2.18. The molecule has 1 heterocycles. The Morgan fingerprint density at radius 3 is 2.46 bits per heavy atom. The molecular formula is C26H21IN2O5S. The van der Waals surface area contributed by atoms with Crippen molar-refractivity contribution in [3.8, 4) is 11.5 Å². The van der Waals surface area contributed by atoms with Gasteiger partial charge in [0.2, 0.25) is 5.91 Å². The van der Waals surface area contributed by atoms with E-state index in [1.165, 1.54) is 0 Å². The van der Waals surface area contributed by atoms with Gasteiger partial charge >= 0.3 is 0 Å². The van der Waals surface area contributed by atoms with E-state index >= 15 is 0 Å². The van der Waals surface area contributed by atoms with Gasteiger partial charge in [0, 0.05) is 14.8 Å². The van der Waals surface area contributed by atoms with Gasteiger partial charge in [-0.2, -0.15) is 0 Å². The Morgan fingerprint density at radius 2 is 1.74 bits per heavy atom. The van der Waals surface area contributed by atoms with Gasteiger partial charge in [0.15, 0.2) is 0 Å². The van der Waals surface area contributed by atoms with Crippen LogP contribution in [0.15, 0.2) is 77.7 Å². The molecule has 1 aliphatic heterocycles. The number of amides is 3. The largest absolute Gasteiger partial charge is 0.497 e. The Balaban J connectivity index is 1.42. The van der Waals surface area contributed by atoms with Crippen molar-refractivity contribution < 1.29 is 23.9 Å². The van der Waals surface area contributed by atoms with E-state index < -0.39 is 17.1 Å². The Bertz CT molecular complexity index is 1280. The Morgan fingerprint density at radius 1 is 1.03 bits per heavy atom. The van der Waals surface area contributed by atoms with E-state index in [1.807, 2.05) is 48.5 Å². The highest BCUT2D eigenvalue weighted by Gasteiger charge is 2.36. The third-order valence-electron chi connectivity index (χ3n) is 5.06. The molecule has 3 aromatic carbocycles. The van der Waals surface area contributed by atoms with Crippen molar-refractivity contribution in [2.45, 2.75) is 6.61 Å². The molecule has 1 saturated heterocycles. The van der Waals surface area contributed by atoms with Crippen LogP contribution in [0.3, 0.4) is 0 Å². The first-order valence-corrected chi connectivity index (χ1v) is 12.5. The van der Waals surface area contributed by atoms with Gasteiger partial charge in [0.05, 0.1) is 12.0 Å². The number of nitrogens with zero attached hydrogens (tertiary/aromatic N) is 1. The first-order valence-electron chi connectivity index (χ1n) is 10.6. The first kappa shape index (κ1) is 24.8. The minimum absolute atomic E-state index is 0.234. The van der Waals surface area contributed by atoms with Crippen LogP contribution in [0.2, 0.25) is 0 Å². The van der Waals surface area contributed by atoms with Gasteiger partial charge < -0.3 is 14.8 Å². The second-order valence-corrected chi connectivity index (χ2v) is 9.74. The van der Waals surface area contributed by atoms with E-state index in [4.69, 9.17) is 9.47 Å². The molecule has 0 bridgehead atoms. The molecule has 4 rings (SSSR count). The van der Waals surface area contributed by atoms with Crippen LogP contribution < -0.4 is 14.8 Å². The van der Waals surface area contributed by atoms with E-state index in [1.54, 1.807) is 37.5 Å². The fourth-order valence-electron chi connectivity index (χ4n) is 3.27. The number of nitrogens with one attached hydrogen (secondary N) is 1. The summed E-state index contributed by atoms with van der Waals surface area (Å²) in [7, 11) is 1.55. The Labute approximate surface area is 220 Å². The molecular weight excluding hydrogens is 579 g/mol. The number of carbonyl (C=O) groups excluding carboxylic acids is 3. The zero-order valence-corrected chi connectivity index (χ0v) is 21.7. The van der Waals surface area contributed by atoms with Crippen LogP contribution in [0.4, 0.5) is 10.5 Å². The molecule has 0 unspecified atom stereocenters. The minimum atomic E-state index is -0.516. The first-order chi connectivity index (χ1) is 16.9. The SMILES string of the molecule is COc1ccc(NC(=O)CN2C(=O)S/C(=C/c3ccccc3OCc3ccc(I)cc3)C2=O)cc1. The molecule has 1 fully saturated rings. The number of rotatable bonds is 8. The molecule has 1 aliphatic rings. The summed E-state index contributed by atoms with van der Waals surface area (Å²) in [4.78, 5) is 39.0. The van der Waals surface area contributed by atoms with Crippen LogP contribution in [-0.2, 0) is 16.2 Å². The average Bonchev–Trinajstić information content (AvgIpc) is 3.12. The predicted molar refractivity (Wildman–Crippen MR) is 144 cm³/mol. The topological polar surface area (TPSA) is 84.9 Å². The highest BCUT2D eigenvalue weighted by Crippen LogP contribution is 2.34. The number of hydrogen-bond acceptors (Lipinski definition) is 6. The van der Waals surface area contributed by atoms with E-state index in [0.29, 0.717) is 29.4 Å². The van der Waals surface area contributed by atoms with E-state index in [9.17, 15) is 14.4 Å². The molecule has 0 spiro atoms. The summed E-state index contributed by atoms with van der Waals surface area (Å²) >= 11 is 3.05. The lowest BCUT2D eigenvalue weighted by molar-refractivity contribution is -0.127. The van der Waals surface area contributed by atoms with Gasteiger partial charge in [-0.1, -0.05) is 30.3 Å². The van der Waals surface area contributed by atoms with Gasteiger partial charge in [-0.25, -0.2) is 0 Å². The van der Waals surface area contributed by atoms with Gasteiger partial charge in [-0.15, -0.1) is 0 Å². The monoisotopic (exact) mass is 600 g/mol. The molecule has 9 heteroatoms. The second kappa shape index (κ2) is 11.4. The fraction of sp³-hybridized carbons (Fsp3) is 0.115. The predicted octanol–water partition coefficient (Wildman–Crippen LogP) is 5.55. The summed E-state index contributed by atoms with van der Waals surface area (Å²) in [6.07, 6.45) is 1.62. The van der Waals surface area contributed by atoms with Gasteiger partial charge in [-0.05, 0) is 88.5 Å². The number of ether oxygens (including phenoxy) is 2. The maximum absolute atomic E-state index is 12.9. The van der Waals surface area contributed by atoms with E-state index in [-0.39, 0.29) is 11.4 Å². The Kier molecular flexibility index (Phi) is 8.09. The molecule has 0 aliphatic carbocycles. The van der Waals surface area contributed by atoms with E-state index in [2.05, 4.69) is 27.9 Å². The van der Waals surface area contributed by atoms with Crippen LogP contribution in [0, 0.1) is 3.57 Å². The van der Waals surface area contributed by atoms with Crippen LogP contribution in [0.5, 0.6) is 11.5 Å². The van der Waals surface area contributed by atoms with Crippen molar-refractivity contribution in [2.75, 3.05) is 19.0 Å². The van der Waals surface area contributed by atoms with Crippen molar-refractivity contribution in [1.82, 2.24) is 4.90 Å². The summed E-state index contributed by atoms with van der Waals surface area (Å²) in [6.45, 7) is -0.00618. The lowest BCUT2D eigenvalue weighted by Gasteiger charge is -2.13.